The van der Waals surface area contributed by atoms with Gasteiger partial charge in [-0.2, -0.15) is 0 Å². The van der Waals surface area contributed by atoms with Crippen molar-refractivity contribution in [2.45, 2.75) is 13.8 Å². The summed E-state index contributed by atoms with van der Waals surface area (Å²) in [7, 11) is 4.29. The van der Waals surface area contributed by atoms with Crippen LogP contribution in [0.3, 0.4) is 0 Å². The Balaban J connectivity index is 2.18. The summed E-state index contributed by atoms with van der Waals surface area (Å²) in [5.41, 5.74) is 6.17. The lowest BCUT2D eigenvalue weighted by molar-refractivity contribution is -0.634. The molecule has 0 saturated heterocycles. The smallest absolute Gasteiger partial charge is 0.241 e. The van der Waals surface area contributed by atoms with Crippen molar-refractivity contribution in [1.82, 2.24) is 9.55 Å². The van der Waals surface area contributed by atoms with Crippen LogP contribution in [0, 0.1) is 13.8 Å². The minimum atomic E-state index is 1.09. The number of rotatable bonds is 1. The number of aromatic nitrogens is 3. The maximum atomic E-state index is 4.65. The van der Waals surface area contributed by atoms with Crippen molar-refractivity contribution in [2.24, 2.45) is 14.1 Å². The van der Waals surface area contributed by atoms with E-state index in [1.807, 2.05) is 0 Å². The van der Waals surface area contributed by atoms with Gasteiger partial charge in [-0.3, -0.25) is 0 Å². The fourth-order valence-corrected chi connectivity index (χ4v) is 4.31. The Hall–Kier alpha value is -2.20. The van der Waals surface area contributed by atoms with E-state index in [2.05, 4.69) is 78.5 Å². The molecule has 0 atom stereocenters. The first kappa shape index (κ1) is 13.5. The van der Waals surface area contributed by atoms with Gasteiger partial charge in [0.2, 0.25) is 0 Å². The van der Waals surface area contributed by atoms with Crippen LogP contribution in [0.5, 0.6) is 0 Å². The lowest BCUT2D eigenvalue weighted by Crippen LogP contribution is -2.30. The summed E-state index contributed by atoms with van der Waals surface area (Å²) in [6, 6.07) is 12.8. The van der Waals surface area contributed by atoms with E-state index in [1.165, 1.54) is 32.7 Å². The van der Waals surface area contributed by atoms with Gasteiger partial charge in [-0.1, -0.05) is 18.2 Å². The molecule has 0 aliphatic carbocycles. The van der Waals surface area contributed by atoms with E-state index in [4.69, 9.17) is 0 Å². The zero-order valence-corrected chi connectivity index (χ0v) is 14.0. The molecule has 0 fully saturated rings. The maximum absolute atomic E-state index is 4.65. The Bertz CT molecular complexity index is 985. The Kier molecular flexibility index (Phi) is 2.84. The molecule has 22 heavy (non-hydrogen) atoms. The number of hydrogen-bond donors (Lipinski definition) is 0. The molecule has 4 heteroatoms. The lowest BCUT2D eigenvalue weighted by Gasteiger charge is -2.04. The van der Waals surface area contributed by atoms with Crippen molar-refractivity contribution in [3.05, 3.63) is 47.0 Å². The van der Waals surface area contributed by atoms with Gasteiger partial charge >= 0.3 is 0 Å². The van der Waals surface area contributed by atoms with Crippen molar-refractivity contribution >= 4 is 32.6 Å². The number of thiazole rings is 1. The molecule has 0 unspecified atom stereocenters. The fraction of sp³-hybridized carbons (Fsp3) is 0.222. The highest BCUT2D eigenvalue weighted by Gasteiger charge is 2.25. The van der Waals surface area contributed by atoms with Gasteiger partial charge in [0.15, 0.2) is 11.0 Å². The number of imidazole rings is 1. The second kappa shape index (κ2) is 4.65. The Morgan fingerprint density at radius 3 is 2.64 bits per heavy atom. The first-order valence-electron chi connectivity index (χ1n) is 7.38. The van der Waals surface area contributed by atoms with E-state index in [1.54, 1.807) is 11.3 Å². The molecule has 0 N–H and O–H groups in total. The molecule has 2 aromatic carbocycles. The monoisotopic (exact) mass is 308 g/mol. The third-order valence-electron chi connectivity index (χ3n) is 4.34. The van der Waals surface area contributed by atoms with E-state index in [-0.39, 0.29) is 0 Å². The molecule has 0 radical (unpaired) electrons. The predicted molar refractivity (Wildman–Crippen MR) is 92.2 cm³/mol. The Morgan fingerprint density at radius 2 is 1.86 bits per heavy atom. The maximum Gasteiger partial charge on any atom is 0.291 e. The van der Waals surface area contributed by atoms with Crippen LogP contribution in [0.2, 0.25) is 0 Å². The van der Waals surface area contributed by atoms with Crippen molar-refractivity contribution in [3.63, 3.8) is 0 Å². The van der Waals surface area contributed by atoms with E-state index in [0.717, 1.165) is 10.5 Å². The zero-order chi connectivity index (χ0) is 15.4. The Morgan fingerprint density at radius 1 is 1.09 bits per heavy atom. The topological polar surface area (TPSA) is 21.7 Å². The SMILES string of the molecule is Cc1nc2ccc(C)c(-c3n(C)c4ccccc4[n+]3C)c2s1. The van der Waals surface area contributed by atoms with Crippen molar-refractivity contribution in [1.29, 1.82) is 0 Å². The van der Waals surface area contributed by atoms with E-state index >= 15 is 0 Å². The van der Waals surface area contributed by atoms with E-state index in [0.29, 0.717) is 0 Å². The summed E-state index contributed by atoms with van der Waals surface area (Å²) in [6.07, 6.45) is 0. The van der Waals surface area contributed by atoms with Crippen LogP contribution in [0.4, 0.5) is 0 Å². The first-order chi connectivity index (χ1) is 10.6. The van der Waals surface area contributed by atoms with Gasteiger partial charge in [-0.15, -0.1) is 11.3 Å². The van der Waals surface area contributed by atoms with Crippen molar-refractivity contribution < 1.29 is 4.57 Å². The number of benzene rings is 2. The molecule has 0 spiro atoms. The molecule has 2 heterocycles. The highest BCUT2D eigenvalue weighted by molar-refractivity contribution is 7.19. The number of para-hydroxylation sites is 2. The Labute approximate surface area is 133 Å². The van der Waals surface area contributed by atoms with Crippen molar-refractivity contribution in [2.75, 3.05) is 0 Å². The van der Waals surface area contributed by atoms with Gasteiger partial charge in [-0.05, 0) is 37.6 Å². The van der Waals surface area contributed by atoms with Gasteiger partial charge in [0, 0.05) is 0 Å². The summed E-state index contributed by atoms with van der Waals surface area (Å²) in [5.74, 6) is 1.23. The molecule has 4 rings (SSSR count). The average molecular weight is 308 g/mol. The van der Waals surface area contributed by atoms with Gasteiger partial charge in [0.1, 0.15) is 0 Å². The summed E-state index contributed by atoms with van der Waals surface area (Å²) in [4.78, 5) is 4.65. The first-order valence-corrected chi connectivity index (χ1v) is 8.20. The third kappa shape index (κ3) is 1.74. The quantitative estimate of drug-likeness (QED) is 0.489. The molecule has 3 nitrogen and oxygen atoms in total. The van der Waals surface area contributed by atoms with Crippen LogP contribution in [-0.2, 0) is 14.1 Å². The second-order valence-electron chi connectivity index (χ2n) is 5.77. The zero-order valence-electron chi connectivity index (χ0n) is 13.2. The van der Waals surface area contributed by atoms with Crippen LogP contribution in [-0.4, -0.2) is 9.55 Å². The van der Waals surface area contributed by atoms with Gasteiger partial charge < -0.3 is 0 Å². The molecule has 110 valence electrons. The standard InChI is InChI=1S/C18H18N3S/c1-11-9-10-13-17(22-12(2)19-13)16(11)18-20(3)14-7-5-6-8-15(14)21(18)4/h5-10H,1-4H3/q+1. The highest BCUT2D eigenvalue weighted by atomic mass is 32.1. The molecule has 0 aliphatic heterocycles. The molecule has 0 saturated carbocycles. The van der Waals surface area contributed by atoms with Crippen LogP contribution < -0.4 is 4.57 Å². The molecule has 2 aromatic heterocycles. The average Bonchev–Trinajstić information content (AvgIpc) is 3.00. The fourth-order valence-electron chi connectivity index (χ4n) is 3.30. The number of aryl methyl sites for hydroxylation is 4. The van der Waals surface area contributed by atoms with Crippen LogP contribution >= 0.6 is 11.3 Å². The summed E-state index contributed by atoms with van der Waals surface area (Å²) in [6.45, 7) is 4.26. The predicted octanol–water partition coefficient (Wildman–Crippen LogP) is 3.90. The number of fused-ring (bicyclic) bond motifs is 2. The molecular formula is C18H18N3S+. The summed E-state index contributed by atoms with van der Waals surface area (Å²) < 4.78 is 5.84. The van der Waals surface area contributed by atoms with Crippen molar-refractivity contribution in [3.8, 4) is 11.4 Å². The van der Waals surface area contributed by atoms with E-state index < -0.39 is 0 Å². The van der Waals surface area contributed by atoms with Gasteiger partial charge in [0.05, 0.1) is 34.9 Å². The van der Waals surface area contributed by atoms with Gasteiger partial charge in [0.25, 0.3) is 5.82 Å². The minimum absolute atomic E-state index is 1.09. The molecule has 4 aromatic rings. The largest absolute Gasteiger partial charge is 0.291 e. The highest BCUT2D eigenvalue weighted by Crippen LogP contribution is 2.35. The molecule has 0 aliphatic rings. The number of nitrogens with zero attached hydrogens (tertiary/aromatic N) is 3. The lowest BCUT2D eigenvalue weighted by atomic mass is 10.1. The molecule has 0 bridgehead atoms. The van der Waals surface area contributed by atoms with Crippen LogP contribution in [0.25, 0.3) is 32.6 Å². The molecular weight excluding hydrogens is 290 g/mol. The normalized spacial score (nSPS) is 11.6. The van der Waals surface area contributed by atoms with E-state index in [9.17, 15) is 0 Å². The summed E-state index contributed by atoms with van der Waals surface area (Å²) >= 11 is 1.78. The summed E-state index contributed by atoms with van der Waals surface area (Å²) in [5, 5.41) is 1.11. The van der Waals surface area contributed by atoms with Crippen LogP contribution in [0.15, 0.2) is 36.4 Å². The number of hydrogen-bond acceptors (Lipinski definition) is 2. The third-order valence-corrected chi connectivity index (χ3v) is 5.34. The minimum Gasteiger partial charge on any atom is -0.241 e. The molecule has 0 amide bonds. The second-order valence-corrected chi connectivity index (χ2v) is 6.97. The van der Waals surface area contributed by atoms with Crippen LogP contribution in [0.1, 0.15) is 10.6 Å². The van der Waals surface area contributed by atoms with Gasteiger partial charge in [-0.25, -0.2) is 14.1 Å².